The Morgan fingerprint density at radius 1 is 1.05 bits per heavy atom. The van der Waals surface area contributed by atoms with Gasteiger partial charge in [0.2, 0.25) is 0 Å². The van der Waals surface area contributed by atoms with Crippen LogP contribution in [0, 0.1) is 0 Å². The molecule has 0 aliphatic heterocycles. The second kappa shape index (κ2) is 8.35. The summed E-state index contributed by atoms with van der Waals surface area (Å²) in [5, 5.41) is 2.70. The molecule has 0 spiro atoms. The Morgan fingerprint density at radius 2 is 1.57 bits per heavy atom. The lowest BCUT2D eigenvalue weighted by molar-refractivity contribution is -0.139. The lowest BCUT2D eigenvalue weighted by atomic mass is 10.4. The molecule has 0 rings (SSSR count). The summed E-state index contributed by atoms with van der Waals surface area (Å²) in [6.07, 6.45) is -0.0390. The Morgan fingerprint density at radius 3 is 2.05 bits per heavy atom. The van der Waals surface area contributed by atoms with Crippen molar-refractivity contribution in [3.63, 3.8) is 0 Å². The average Bonchev–Trinajstić information content (AvgIpc) is 2.28. The highest BCUT2D eigenvalue weighted by Gasteiger charge is 2.30. The van der Waals surface area contributed by atoms with Crippen molar-refractivity contribution in [3.8, 4) is 0 Å². The zero-order valence-electron chi connectivity index (χ0n) is 13.9. The van der Waals surface area contributed by atoms with Crippen LogP contribution >= 0.6 is 0 Å². The predicted octanol–water partition coefficient (Wildman–Crippen LogP) is 2.43. The fourth-order valence-corrected chi connectivity index (χ4v) is 9.08. The zero-order valence-corrected chi connectivity index (χ0v) is 15.9. The number of hydrogen-bond donors (Lipinski definition) is 1. The Hall–Kier alpha value is -1.13. The maximum absolute atomic E-state index is 11.5. The fourth-order valence-electron chi connectivity index (χ4n) is 1.59. The minimum absolute atomic E-state index is 0.0156. The van der Waals surface area contributed by atoms with Crippen molar-refractivity contribution in [2.24, 2.45) is 0 Å². The van der Waals surface area contributed by atoms with E-state index in [2.05, 4.69) is 44.6 Å². The summed E-state index contributed by atoms with van der Waals surface area (Å²) >= 11 is 0. The molecule has 0 aliphatic carbocycles. The maximum atomic E-state index is 11.5. The monoisotopic (exact) mass is 333 g/mol. The number of carbonyl (C=O) groups is 2. The van der Waals surface area contributed by atoms with E-state index in [9.17, 15) is 9.59 Å². The standard InChI is InChI=1S/C13H27NO5Si2/c1-11(2)12(15)17-8-9-18-13(16)14-10-21(6,7)19-20(3,4)5/h1,8-10H2,2-7H3,(H,14,16). The van der Waals surface area contributed by atoms with E-state index in [0.29, 0.717) is 11.7 Å². The van der Waals surface area contributed by atoms with Gasteiger partial charge in [0.25, 0.3) is 0 Å². The van der Waals surface area contributed by atoms with E-state index >= 15 is 0 Å². The Bertz CT molecular complexity index is 391. The predicted molar refractivity (Wildman–Crippen MR) is 87.0 cm³/mol. The largest absolute Gasteiger partial charge is 0.459 e. The minimum Gasteiger partial charge on any atom is -0.459 e. The molecule has 1 N–H and O–H groups in total. The summed E-state index contributed by atoms with van der Waals surface area (Å²) in [5.74, 6) is -0.490. The van der Waals surface area contributed by atoms with E-state index in [1.54, 1.807) is 6.92 Å². The van der Waals surface area contributed by atoms with Gasteiger partial charge in [0.05, 0.1) is 0 Å². The summed E-state index contributed by atoms with van der Waals surface area (Å²) in [4.78, 5) is 22.6. The van der Waals surface area contributed by atoms with Crippen LogP contribution in [0.1, 0.15) is 6.92 Å². The zero-order chi connectivity index (χ0) is 16.7. The number of rotatable bonds is 8. The first-order chi connectivity index (χ1) is 9.43. The van der Waals surface area contributed by atoms with Gasteiger partial charge in [0.1, 0.15) is 13.2 Å². The van der Waals surface area contributed by atoms with Crippen molar-refractivity contribution in [2.45, 2.75) is 39.7 Å². The van der Waals surface area contributed by atoms with Crippen LogP contribution in [-0.2, 0) is 18.4 Å². The summed E-state index contributed by atoms with van der Waals surface area (Å²) in [6, 6.07) is 0. The summed E-state index contributed by atoms with van der Waals surface area (Å²) in [5.41, 5.74) is 0.315. The second-order valence-electron chi connectivity index (χ2n) is 6.38. The van der Waals surface area contributed by atoms with Crippen LogP contribution < -0.4 is 5.32 Å². The van der Waals surface area contributed by atoms with E-state index in [4.69, 9.17) is 13.6 Å². The Kier molecular flexibility index (Phi) is 7.90. The third-order valence-electron chi connectivity index (χ3n) is 2.14. The van der Waals surface area contributed by atoms with Gasteiger partial charge in [0, 0.05) is 11.7 Å². The first-order valence-corrected chi connectivity index (χ1v) is 13.4. The molecule has 6 nitrogen and oxygen atoms in total. The lowest BCUT2D eigenvalue weighted by Crippen LogP contribution is -2.50. The quantitative estimate of drug-likeness (QED) is 0.320. The summed E-state index contributed by atoms with van der Waals surface area (Å²) in [7, 11) is -3.54. The molecule has 0 aromatic heterocycles. The number of carbonyl (C=O) groups excluding carboxylic acids is 2. The van der Waals surface area contributed by atoms with E-state index in [-0.39, 0.29) is 13.2 Å². The smallest absolute Gasteiger partial charge is 0.407 e. The highest BCUT2D eigenvalue weighted by atomic mass is 28.4. The van der Waals surface area contributed by atoms with Gasteiger partial charge in [-0.15, -0.1) is 0 Å². The second-order valence-corrected chi connectivity index (χ2v) is 15.3. The maximum Gasteiger partial charge on any atom is 0.407 e. The summed E-state index contributed by atoms with van der Waals surface area (Å²) in [6.45, 7) is 15.5. The van der Waals surface area contributed by atoms with E-state index in [1.165, 1.54) is 0 Å². The van der Waals surface area contributed by atoms with Crippen molar-refractivity contribution >= 4 is 28.7 Å². The molecule has 0 unspecified atom stereocenters. The van der Waals surface area contributed by atoms with Crippen molar-refractivity contribution < 1.29 is 23.2 Å². The van der Waals surface area contributed by atoms with Crippen molar-refractivity contribution in [3.05, 3.63) is 12.2 Å². The van der Waals surface area contributed by atoms with Crippen LogP contribution in [0.3, 0.4) is 0 Å². The molecule has 21 heavy (non-hydrogen) atoms. The van der Waals surface area contributed by atoms with E-state index in [0.717, 1.165) is 0 Å². The molecular formula is C13H27NO5Si2. The molecule has 0 saturated heterocycles. The highest BCUT2D eigenvalue weighted by molar-refractivity contribution is 6.84. The molecule has 0 bridgehead atoms. The first kappa shape index (κ1) is 19.9. The number of amides is 1. The Labute approximate surface area is 129 Å². The van der Waals surface area contributed by atoms with Gasteiger partial charge in [-0.05, 0) is 39.7 Å². The van der Waals surface area contributed by atoms with E-state index in [1.807, 2.05) is 0 Å². The third kappa shape index (κ3) is 11.2. The first-order valence-electron chi connectivity index (χ1n) is 6.86. The van der Waals surface area contributed by atoms with Crippen LogP contribution in [0.2, 0.25) is 32.7 Å². The molecule has 0 heterocycles. The van der Waals surface area contributed by atoms with Gasteiger partial charge in [0.15, 0.2) is 16.6 Å². The lowest BCUT2D eigenvalue weighted by Gasteiger charge is -2.31. The highest BCUT2D eigenvalue weighted by Crippen LogP contribution is 2.12. The molecule has 0 aliphatic rings. The minimum atomic E-state index is -1.93. The molecule has 0 atom stereocenters. The normalized spacial score (nSPS) is 11.7. The molecule has 0 saturated carbocycles. The molecule has 8 heteroatoms. The molecule has 0 radical (unpaired) electrons. The molecule has 0 aromatic rings. The van der Waals surface area contributed by atoms with Gasteiger partial charge >= 0.3 is 12.1 Å². The van der Waals surface area contributed by atoms with Gasteiger partial charge in [-0.3, -0.25) is 0 Å². The summed E-state index contributed by atoms with van der Waals surface area (Å²) < 4.78 is 15.8. The van der Waals surface area contributed by atoms with E-state index < -0.39 is 28.7 Å². The number of alkyl carbamates (subject to hydrolysis) is 1. The average molecular weight is 334 g/mol. The van der Waals surface area contributed by atoms with Crippen LogP contribution in [0.5, 0.6) is 0 Å². The molecular weight excluding hydrogens is 306 g/mol. The van der Waals surface area contributed by atoms with Gasteiger partial charge < -0.3 is 18.9 Å². The number of esters is 1. The van der Waals surface area contributed by atoms with Gasteiger partial charge in [-0.2, -0.15) is 0 Å². The van der Waals surface area contributed by atoms with Crippen LogP contribution in [0.4, 0.5) is 4.79 Å². The Balaban J connectivity index is 3.90. The molecule has 0 aromatic carbocycles. The molecule has 122 valence electrons. The number of hydrogen-bond acceptors (Lipinski definition) is 5. The van der Waals surface area contributed by atoms with Gasteiger partial charge in [-0.1, -0.05) is 6.58 Å². The fraction of sp³-hybridized carbons (Fsp3) is 0.692. The van der Waals surface area contributed by atoms with Crippen molar-refractivity contribution in [2.75, 3.05) is 19.4 Å². The molecule has 1 amide bonds. The number of nitrogens with one attached hydrogen (secondary N) is 1. The van der Waals surface area contributed by atoms with Crippen molar-refractivity contribution in [1.29, 1.82) is 0 Å². The van der Waals surface area contributed by atoms with Crippen LogP contribution in [0.25, 0.3) is 0 Å². The van der Waals surface area contributed by atoms with Crippen LogP contribution in [0.15, 0.2) is 12.2 Å². The SMILES string of the molecule is C=C(C)C(=O)OCCOC(=O)NC[Si](C)(C)O[Si](C)(C)C. The van der Waals surface area contributed by atoms with Crippen LogP contribution in [-0.4, -0.2) is 48.1 Å². The number of ether oxygens (including phenoxy) is 2. The van der Waals surface area contributed by atoms with Gasteiger partial charge in [-0.25, -0.2) is 9.59 Å². The van der Waals surface area contributed by atoms with Crippen molar-refractivity contribution in [1.82, 2.24) is 5.32 Å². The topological polar surface area (TPSA) is 73.9 Å². The molecule has 0 fully saturated rings. The third-order valence-corrected chi connectivity index (χ3v) is 7.83.